The van der Waals surface area contributed by atoms with Crippen LogP contribution >= 0.6 is 0 Å². The van der Waals surface area contributed by atoms with Gasteiger partial charge in [-0.1, -0.05) is 6.07 Å². The molecule has 1 heterocycles. The molecule has 0 bridgehead atoms. The van der Waals surface area contributed by atoms with E-state index in [0.29, 0.717) is 16.6 Å². The van der Waals surface area contributed by atoms with Crippen LogP contribution in [0.1, 0.15) is 5.69 Å². The predicted octanol–water partition coefficient (Wildman–Crippen LogP) is 2.39. The minimum Gasteiger partial charge on any atom is -0.507 e. The zero-order valence-electron chi connectivity index (χ0n) is 7.08. The number of phenols is 1. The van der Waals surface area contributed by atoms with E-state index in [1.807, 2.05) is 0 Å². The first-order chi connectivity index (χ1) is 6.18. The Kier molecular flexibility index (Phi) is 1.65. The quantitative estimate of drug-likeness (QED) is 0.670. The van der Waals surface area contributed by atoms with Crippen molar-refractivity contribution in [3.63, 3.8) is 0 Å². The summed E-state index contributed by atoms with van der Waals surface area (Å²) in [6.45, 7) is 1.60. The molecule has 1 aromatic carbocycles. The zero-order valence-corrected chi connectivity index (χ0v) is 7.08. The van der Waals surface area contributed by atoms with Gasteiger partial charge in [0.15, 0.2) is 0 Å². The van der Waals surface area contributed by atoms with Crippen LogP contribution in [0.5, 0.6) is 5.75 Å². The van der Waals surface area contributed by atoms with Crippen molar-refractivity contribution >= 4 is 10.9 Å². The van der Waals surface area contributed by atoms with Gasteiger partial charge < -0.3 is 5.11 Å². The average Bonchev–Trinajstić information content (AvgIpc) is 2.09. The highest BCUT2D eigenvalue weighted by atomic mass is 19.1. The van der Waals surface area contributed by atoms with Crippen molar-refractivity contribution in [1.82, 2.24) is 4.98 Å². The highest BCUT2D eigenvalue weighted by Crippen LogP contribution is 2.24. The Morgan fingerprint density at radius 2 is 2.15 bits per heavy atom. The van der Waals surface area contributed by atoms with Gasteiger partial charge in [-0.15, -0.1) is 0 Å². The predicted molar refractivity (Wildman–Crippen MR) is 48.1 cm³/mol. The molecule has 1 N–H and O–H groups in total. The minimum atomic E-state index is -0.394. The van der Waals surface area contributed by atoms with E-state index in [0.717, 1.165) is 0 Å². The second kappa shape index (κ2) is 2.69. The molecule has 13 heavy (non-hydrogen) atoms. The van der Waals surface area contributed by atoms with Crippen LogP contribution in [-0.4, -0.2) is 10.1 Å². The van der Waals surface area contributed by atoms with Crippen molar-refractivity contribution in [2.24, 2.45) is 0 Å². The molecule has 2 nitrogen and oxygen atoms in total. The van der Waals surface area contributed by atoms with E-state index in [2.05, 4.69) is 4.98 Å². The van der Waals surface area contributed by atoms with Crippen LogP contribution < -0.4 is 0 Å². The number of pyridine rings is 1. The first-order valence-electron chi connectivity index (χ1n) is 3.93. The van der Waals surface area contributed by atoms with Gasteiger partial charge in [0.05, 0.1) is 11.2 Å². The fraction of sp³-hybridized carbons (Fsp3) is 0.100. The molecule has 66 valence electrons. The van der Waals surface area contributed by atoms with E-state index in [9.17, 15) is 9.50 Å². The fourth-order valence-corrected chi connectivity index (χ4v) is 1.25. The average molecular weight is 177 g/mol. The molecule has 0 aliphatic rings. The Morgan fingerprint density at radius 3 is 2.92 bits per heavy atom. The summed E-state index contributed by atoms with van der Waals surface area (Å²) in [7, 11) is 0. The van der Waals surface area contributed by atoms with Crippen molar-refractivity contribution in [3.05, 3.63) is 35.8 Å². The summed E-state index contributed by atoms with van der Waals surface area (Å²) in [5.74, 6) is -0.335. The molecule has 0 amide bonds. The van der Waals surface area contributed by atoms with Gasteiger partial charge in [0, 0.05) is 5.39 Å². The monoisotopic (exact) mass is 177 g/mol. The third-order valence-corrected chi connectivity index (χ3v) is 1.96. The topological polar surface area (TPSA) is 33.1 Å². The number of phenolic OH excluding ortho intramolecular Hbond substituents is 1. The van der Waals surface area contributed by atoms with Gasteiger partial charge in [-0.3, -0.25) is 0 Å². The first-order valence-corrected chi connectivity index (χ1v) is 3.93. The number of aryl methyl sites for hydroxylation is 1. The maximum Gasteiger partial charge on any atom is 0.145 e. The van der Waals surface area contributed by atoms with Crippen LogP contribution in [0.2, 0.25) is 0 Å². The van der Waals surface area contributed by atoms with Crippen molar-refractivity contribution in [2.45, 2.75) is 6.92 Å². The number of hydrogen-bond acceptors (Lipinski definition) is 2. The normalized spacial score (nSPS) is 10.6. The Morgan fingerprint density at radius 1 is 1.38 bits per heavy atom. The van der Waals surface area contributed by atoms with Crippen molar-refractivity contribution in [1.29, 1.82) is 0 Å². The van der Waals surface area contributed by atoms with Crippen LogP contribution in [0.3, 0.4) is 0 Å². The van der Waals surface area contributed by atoms with Gasteiger partial charge in [0.25, 0.3) is 0 Å². The smallest absolute Gasteiger partial charge is 0.145 e. The van der Waals surface area contributed by atoms with E-state index < -0.39 is 5.82 Å². The highest BCUT2D eigenvalue weighted by Gasteiger charge is 2.04. The Hall–Kier alpha value is -1.64. The maximum absolute atomic E-state index is 13.1. The molecule has 2 rings (SSSR count). The summed E-state index contributed by atoms with van der Waals surface area (Å²) < 4.78 is 13.1. The lowest BCUT2D eigenvalue weighted by molar-refractivity contribution is 0.481. The standard InChI is InChI=1S/C10H8FNO/c1-6-8(11)5-7-9(12-6)3-2-4-10(7)13/h2-5,13H,1H3. The molecule has 0 spiro atoms. The molecule has 1 aromatic heterocycles. The van der Waals surface area contributed by atoms with Crippen LogP contribution in [0, 0.1) is 12.7 Å². The van der Waals surface area contributed by atoms with Crippen molar-refractivity contribution in [2.75, 3.05) is 0 Å². The summed E-state index contributed by atoms with van der Waals surface area (Å²) in [4.78, 5) is 4.00. The summed E-state index contributed by atoms with van der Waals surface area (Å²) in [6.07, 6.45) is 0. The lowest BCUT2D eigenvalue weighted by Crippen LogP contribution is -1.88. The van der Waals surface area contributed by atoms with Gasteiger partial charge in [-0.25, -0.2) is 9.37 Å². The highest BCUT2D eigenvalue weighted by molar-refractivity contribution is 5.84. The zero-order chi connectivity index (χ0) is 9.42. The Bertz CT molecular complexity index is 468. The Balaban J connectivity index is 2.89. The van der Waals surface area contributed by atoms with E-state index in [1.165, 1.54) is 12.1 Å². The molecule has 0 saturated carbocycles. The van der Waals surface area contributed by atoms with Crippen LogP contribution in [-0.2, 0) is 0 Å². The molecule has 0 aliphatic carbocycles. The van der Waals surface area contributed by atoms with Gasteiger partial charge in [-0.2, -0.15) is 0 Å². The largest absolute Gasteiger partial charge is 0.507 e. The maximum atomic E-state index is 13.1. The first kappa shape index (κ1) is 7.98. The molecule has 0 saturated heterocycles. The number of aromatic nitrogens is 1. The lowest BCUT2D eigenvalue weighted by atomic mass is 10.2. The molecule has 0 unspecified atom stereocenters. The number of nitrogens with zero attached hydrogens (tertiary/aromatic N) is 1. The number of hydrogen-bond donors (Lipinski definition) is 1. The van der Waals surface area contributed by atoms with Crippen molar-refractivity contribution in [3.8, 4) is 5.75 Å². The van der Waals surface area contributed by atoms with E-state index >= 15 is 0 Å². The molecule has 2 aromatic rings. The van der Waals surface area contributed by atoms with Gasteiger partial charge in [0.1, 0.15) is 11.6 Å². The van der Waals surface area contributed by atoms with E-state index in [-0.39, 0.29) is 5.75 Å². The number of fused-ring (bicyclic) bond motifs is 1. The molecule has 0 atom stereocenters. The lowest BCUT2D eigenvalue weighted by Gasteiger charge is -2.01. The number of halogens is 1. The SMILES string of the molecule is Cc1nc2cccc(O)c2cc1F. The summed E-state index contributed by atoms with van der Waals surface area (Å²) in [5.41, 5.74) is 0.956. The summed E-state index contributed by atoms with van der Waals surface area (Å²) >= 11 is 0. The molecular weight excluding hydrogens is 169 g/mol. The number of rotatable bonds is 0. The van der Waals surface area contributed by atoms with Gasteiger partial charge in [-0.05, 0) is 25.1 Å². The molecule has 0 fully saturated rings. The van der Waals surface area contributed by atoms with Gasteiger partial charge in [0.2, 0.25) is 0 Å². The second-order valence-corrected chi connectivity index (χ2v) is 2.90. The summed E-state index contributed by atoms with van der Waals surface area (Å²) in [6, 6.07) is 6.23. The van der Waals surface area contributed by atoms with E-state index in [1.54, 1.807) is 19.1 Å². The third kappa shape index (κ3) is 1.22. The van der Waals surface area contributed by atoms with Crippen molar-refractivity contribution < 1.29 is 9.50 Å². The fourth-order valence-electron chi connectivity index (χ4n) is 1.25. The molecule has 0 aliphatic heterocycles. The van der Waals surface area contributed by atoms with Crippen LogP contribution in [0.4, 0.5) is 4.39 Å². The number of aromatic hydroxyl groups is 1. The minimum absolute atomic E-state index is 0.0592. The van der Waals surface area contributed by atoms with E-state index in [4.69, 9.17) is 0 Å². The molecular formula is C10H8FNO. The third-order valence-electron chi connectivity index (χ3n) is 1.96. The van der Waals surface area contributed by atoms with Crippen LogP contribution in [0.25, 0.3) is 10.9 Å². The Labute approximate surface area is 74.7 Å². The van der Waals surface area contributed by atoms with Gasteiger partial charge >= 0.3 is 0 Å². The molecule has 3 heteroatoms. The number of benzene rings is 1. The summed E-state index contributed by atoms with van der Waals surface area (Å²) in [5, 5.41) is 9.83. The second-order valence-electron chi connectivity index (χ2n) is 2.90. The van der Waals surface area contributed by atoms with Crippen LogP contribution in [0.15, 0.2) is 24.3 Å². The molecule has 0 radical (unpaired) electrons.